The maximum Gasteiger partial charge on any atom is 0.0946 e. The molecule has 0 fully saturated rings. The van der Waals surface area contributed by atoms with Crippen LogP contribution in [0.15, 0.2) is 30.7 Å². The van der Waals surface area contributed by atoms with Crippen LogP contribution in [-0.2, 0) is 13.5 Å². The van der Waals surface area contributed by atoms with Crippen LogP contribution < -0.4 is 5.73 Å². The quantitative estimate of drug-likeness (QED) is 0.877. The van der Waals surface area contributed by atoms with Gasteiger partial charge in [-0.05, 0) is 37.0 Å². The molecule has 2 rings (SSSR count). The predicted molar refractivity (Wildman–Crippen MR) is 69.8 cm³/mol. The third-order valence-corrected chi connectivity index (χ3v) is 3.26. The number of nitrogens with zero attached hydrogens (tertiary/aromatic N) is 2. The van der Waals surface area contributed by atoms with Gasteiger partial charge in [0, 0.05) is 13.2 Å². The summed E-state index contributed by atoms with van der Waals surface area (Å²) in [5.41, 5.74) is 11.2. The average molecular weight is 229 g/mol. The summed E-state index contributed by atoms with van der Waals surface area (Å²) in [5.74, 6) is 0. The van der Waals surface area contributed by atoms with Crippen molar-refractivity contribution in [3.05, 3.63) is 53.1 Å². The summed E-state index contributed by atoms with van der Waals surface area (Å²) >= 11 is 0. The van der Waals surface area contributed by atoms with E-state index in [0.717, 1.165) is 12.1 Å². The summed E-state index contributed by atoms with van der Waals surface area (Å²) in [6.45, 7) is 4.26. The molecule has 3 heteroatoms. The zero-order chi connectivity index (χ0) is 12.4. The van der Waals surface area contributed by atoms with Crippen LogP contribution in [0.25, 0.3) is 0 Å². The molecule has 0 aliphatic rings. The maximum absolute atomic E-state index is 6.20. The Labute approximate surface area is 102 Å². The lowest BCUT2D eigenvalue weighted by atomic mass is 10.00. The van der Waals surface area contributed by atoms with E-state index in [4.69, 9.17) is 5.73 Å². The molecule has 0 saturated heterocycles. The van der Waals surface area contributed by atoms with Crippen LogP contribution in [0.2, 0.25) is 0 Å². The number of aryl methyl sites for hydroxylation is 3. The molecule has 0 bridgehead atoms. The van der Waals surface area contributed by atoms with Gasteiger partial charge in [0.05, 0.1) is 18.1 Å². The summed E-state index contributed by atoms with van der Waals surface area (Å²) < 4.78 is 1.98. The molecule has 3 nitrogen and oxygen atoms in total. The Morgan fingerprint density at radius 2 is 2.06 bits per heavy atom. The summed E-state index contributed by atoms with van der Waals surface area (Å²) in [7, 11) is 1.97. The first-order valence-electron chi connectivity index (χ1n) is 5.86. The van der Waals surface area contributed by atoms with Gasteiger partial charge in [0.25, 0.3) is 0 Å². The summed E-state index contributed by atoms with van der Waals surface area (Å²) in [6, 6.07) is 6.52. The molecule has 0 saturated carbocycles. The van der Waals surface area contributed by atoms with Crippen molar-refractivity contribution in [3.8, 4) is 0 Å². The Balaban J connectivity index is 2.16. The molecule has 1 unspecified atom stereocenters. The molecule has 0 radical (unpaired) electrons. The Morgan fingerprint density at radius 1 is 1.29 bits per heavy atom. The van der Waals surface area contributed by atoms with Gasteiger partial charge in [-0.2, -0.15) is 0 Å². The second-order valence-electron chi connectivity index (χ2n) is 4.66. The van der Waals surface area contributed by atoms with E-state index in [-0.39, 0.29) is 6.04 Å². The third-order valence-electron chi connectivity index (χ3n) is 3.26. The van der Waals surface area contributed by atoms with Crippen molar-refractivity contribution >= 4 is 0 Å². The first-order chi connectivity index (χ1) is 8.08. The average Bonchev–Trinajstić information content (AvgIpc) is 2.70. The minimum absolute atomic E-state index is 0.00426. The van der Waals surface area contributed by atoms with Gasteiger partial charge in [0.2, 0.25) is 0 Å². The van der Waals surface area contributed by atoms with Crippen LogP contribution in [0.5, 0.6) is 0 Å². The van der Waals surface area contributed by atoms with Crippen molar-refractivity contribution < 1.29 is 0 Å². The fourth-order valence-corrected chi connectivity index (χ4v) is 2.01. The van der Waals surface area contributed by atoms with Crippen LogP contribution in [0.4, 0.5) is 0 Å². The molecule has 0 aliphatic heterocycles. The second-order valence-corrected chi connectivity index (χ2v) is 4.66. The molecule has 0 amide bonds. The van der Waals surface area contributed by atoms with E-state index in [1.165, 1.54) is 16.7 Å². The highest BCUT2D eigenvalue weighted by Crippen LogP contribution is 2.17. The zero-order valence-corrected chi connectivity index (χ0v) is 10.6. The van der Waals surface area contributed by atoms with Crippen molar-refractivity contribution in [2.75, 3.05) is 0 Å². The molecule has 2 aromatic rings. The van der Waals surface area contributed by atoms with E-state index < -0.39 is 0 Å². The molecule has 2 N–H and O–H groups in total. The Morgan fingerprint density at radius 3 is 2.65 bits per heavy atom. The van der Waals surface area contributed by atoms with E-state index in [1.54, 1.807) is 6.33 Å². The Hall–Kier alpha value is -1.61. The minimum atomic E-state index is 0.00426. The van der Waals surface area contributed by atoms with Crippen molar-refractivity contribution in [2.45, 2.75) is 26.3 Å². The zero-order valence-electron chi connectivity index (χ0n) is 10.6. The number of hydrogen-bond acceptors (Lipinski definition) is 2. The van der Waals surface area contributed by atoms with Gasteiger partial charge in [-0.1, -0.05) is 18.2 Å². The number of rotatable bonds is 3. The largest absolute Gasteiger partial charge is 0.336 e. The number of aromatic nitrogens is 2. The van der Waals surface area contributed by atoms with Crippen molar-refractivity contribution in [1.82, 2.24) is 9.55 Å². The first kappa shape index (κ1) is 11.9. The van der Waals surface area contributed by atoms with Gasteiger partial charge in [-0.3, -0.25) is 0 Å². The van der Waals surface area contributed by atoms with Crippen LogP contribution in [0, 0.1) is 13.8 Å². The predicted octanol–water partition coefficient (Wildman–Crippen LogP) is 2.28. The van der Waals surface area contributed by atoms with Crippen molar-refractivity contribution in [2.24, 2.45) is 12.8 Å². The van der Waals surface area contributed by atoms with Gasteiger partial charge in [0.15, 0.2) is 0 Å². The van der Waals surface area contributed by atoms with Crippen molar-refractivity contribution in [1.29, 1.82) is 0 Å². The fraction of sp³-hybridized carbons (Fsp3) is 0.357. The highest BCUT2D eigenvalue weighted by Gasteiger charge is 2.10. The normalized spacial score (nSPS) is 12.7. The molecule has 0 spiro atoms. The topological polar surface area (TPSA) is 43.8 Å². The van der Waals surface area contributed by atoms with E-state index in [1.807, 2.05) is 17.8 Å². The molecule has 0 aliphatic carbocycles. The van der Waals surface area contributed by atoms with Gasteiger partial charge < -0.3 is 10.3 Å². The van der Waals surface area contributed by atoms with Gasteiger partial charge >= 0.3 is 0 Å². The fourth-order valence-electron chi connectivity index (χ4n) is 2.01. The van der Waals surface area contributed by atoms with Crippen LogP contribution in [0.1, 0.15) is 28.4 Å². The molecule has 1 aromatic heterocycles. The molecule has 90 valence electrons. The Kier molecular flexibility index (Phi) is 3.29. The molecule has 1 atom stereocenters. The highest BCUT2D eigenvalue weighted by atomic mass is 15.0. The molecular formula is C14H19N3. The van der Waals surface area contributed by atoms with E-state index in [9.17, 15) is 0 Å². The van der Waals surface area contributed by atoms with Gasteiger partial charge in [-0.15, -0.1) is 0 Å². The summed E-state index contributed by atoms with van der Waals surface area (Å²) in [6.07, 6.45) is 4.47. The minimum Gasteiger partial charge on any atom is -0.336 e. The number of hydrogen-bond donors (Lipinski definition) is 1. The highest BCUT2D eigenvalue weighted by molar-refractivity contribution is 5.30. The monoisotopic (exact) mass is 229 g/mol. The molecular weight excluding hydrogens is 210 g/mol. The van der Waals surface area contributed by atoms with E-state index in [0.29, 0.717) is 0 Å². The third kappa shape index (κ3) is 2.56. The Bertz CT molecular complexity index is 514. The molecule has 17 heavy (non-hydrogen) atoms. The number of imidazole rings is 1. The van der Waals surface area contributed by atoms with Crippen LogP contribution in [0.3, 0.4) is 0 Å². The van der Waals surface area contributed by atoms with Crippen LogP contribution >= 0.6 is 0 Å². The van der Waals surface area contributed by atoms with Gasteiger partial charge in [0.1, 0.15) is 0 Å². The lowest BCUT2D eigenvalue weighted by molar-refractivity contribution is 0.655. The summed E-state index contributed by atoms with van der Waals surface area (Å²) in [4.78, 5) is 4.10. The summed E-state index contributed by atoms with van der Waals surface area (Å²) in [5, 5.41) is 0. The van der Waals surface area contributed by atoms with E-state index in [2.05, 4.69) is 37.0 Å². The lowest BCUT2D eigenvalue weighted by Gasteiger charge is -2.13. The van der Waals surface area contributed by atoms with Gasteiger partial charge in [-0.25, -0.2) is 4.98 Å². The maximum atomic E-state index is 6.20. The van der Waals surface area contributed by atoms with E-state index >= 15 is 0 Å². The molecule has 1 aromatic carbocycles. The van der Waals surface area contributed by atoms with Crippen molar-refractivity contribution in [3.63, 3.8) is 0 Å². The lowest BCUT2D eigenvalue weighted by Crippen LogP contribution is -2.16. The van der Waals surface area contributed by atoms with Crippen LogP contribution in [-0.4, -0.2) is 9.55 Å². The number of benzene rings is 1. The standard InChI is InChI=1S/C14H19N3/c1-10-4-5-12(6-11(10)2)7-13(15)14-8-16-9-17(14)3/h4-6,8-9,13H,7,15H2,1-3H3. The molecule has 1 heterocycles. The smallest absolute Gasteiger partial charge is 0.0946 e. The number of nitrogens with two attached hydrogens (primary N) is 1. The first-order valence-corrected chi connectivity index (χ1v) is 5.86. The SMILES string of the molecule is Cc1ccc(CC(N)c2cncn2C)cc1C. The second kappa shape index (κ2) is 4.72.